The van der Waals surface area contributed by atoms with Gasteiger partial charge in [0, 0.05) is 11.8 Å². The summed E-state index contributed by atoms with van der Waals surface area (Å²) in [7, 11) is 0. The number of nitrogens with one attached hydrogen (secondary N) is 2. The molecule has 1 amide bonds. The molecular formula is C17H16N4O2. The number of hydrogen-bond donors (Lipinski definition) is 2. The van der Waals surface area contributed by atoms with Crippen LogP contribution in [-0.4, -0.2) is 15.9 Å². The average Bonchev–Trinajstić information content (AvgIpc) is 3.06. The SMILES string of the molecule is Cc1cccc(Nc2cc(C(=O)NCc3ccco3)ncn2)c1. The molecule has 0 saturated carbocycles. The van der Waals surface area contributed by atoms with Gasteiger partial charge in [0.2, 0.25) is 0 Å². The lowest BCUT2D eigenvalue weighted by molar-refractivity contribution is 0.0943. The second-order valence-corrected chi connectivity index (χ2v) is 5.05. The predicted octanol–water partition coefficient (Wildman–Crippen LogP) is 3.05. The van der Waals surface area contributed by atoms with Crippen molar-refractivity contribution in [3.63, 3.8) is 0 Å². The molecule has 6 heteroatoms. The van der Waals surface area contributed by atoms with E-state index in [0.29, 0.717) is 23.8 Å². The fourth-order valence-electron chi connectivity index (χ4n) is 2.09. The molecule has 2 N–H and O–H groups in total. The van der Waals surface area contributed by atoms with E-state index in [4.69, 9.17) is 4.42 Å². The maximum atomic E-state index is 12.1. The van der Waals surface area contributed by atoms with E-state index in [0.717, 1.165) is 11.3 Å². The van der Waals surface area contributed by atoms with Crippen LogP contribution < -0.4 is 10.6 Å². The van der Waals surface area contributed by atoms with E-state index in [1.807, 2.05) is 31.2 Å². The molecule has 3 rings (SSSR count). The fourth-order valence-corrected chi connectivity index (χ4v) is 2.09. The van der Waals surface area contributed by atoms with Gasteiger partial charge in [0.15, 0.2) is 0 Å². The molecule has 6 nitrogen and oxygen atoms in total. The van der Waals surface area contributed by atoms with Crippen molar-refractivity contribution in [2.45, 2.75) is 13.5 Å². The second kappa shape index (κ2) is 6.74. The summed E-state index contributed by atoms with van der Waals surface area (Å²) in [5, 5.41) is 5.91. The Labute approximate surface area is 133 Å². The Morgan fingerprint density at radius 1 is 1.17 bits per heavy atom. The number of carbonyl (C=O) groups excluding carboxylic acids is 1. The van der Waals surface area contributed by atoms with Gasteiger partial charge in [-0.2, -0.15) is 0 Å². The van der Waals surface area contributed by atoms with Gasteiger partial charge in [-0.3, -0.25) is 4.79 Å². The predicted molar refractivity (Wildman–Crippen MR) is 86.4 cm³/mol. The first-order valence-electron chi connectivity index (χ1n) is 7.17. The van der Waals surface area contributed by atoms with Crippen molar-refractivity contribution in [1.29, 1.82) is 0 Å². The summed E-state index contributed by atoms with van der Waals surface area (Å²) in [6.45, 7) is 2.33. The second-order valence-electron chi connectivity index (χ2n) is 5.05. The van der Waals surface area contributed by atoms with E-state index in [1.54, 1.807) is 24.5 Å². The number of aryl methyl sites for hydroxylation is 1. The number of benzene rings is 1. The Balaban J connectivity index is 1.68. The molecule has 0 radical (unpaired) electrons. The van der Waals surface area contributed by atoms with Crippen LogP contribution in [0.15, 0.2) is 59.5 Å². The van der Waals surface area contributed by atoms with Gasteiger partial charge in [-0.15, -0.1) is 0 Å². The topological polar surface area (TPSA) is 80.0 Å². The Morgan fingerprint density at radius 3 is 2.87 bits per heavy atom. The lowest BCUT2D eigenvalue weighted by Crippen LogP contribution is -2.23. The third-order valence-electron chi connectivity index (χ3n) is 3.19. The van der Waals surface area contributed by atoms with Crippen LogP contribution in [0.1, 0.15) is 21.8 Å². The first kappa shape index (κ1) is 14.8. The summed E-state index contributed by atoms with van der Waals surface area (Å²) in [6.07, 6.45) is 2.93. The molecule has 0 bridgehead atoms. The van der Waals surface area contributed by atoms with Gasteiger partial charge < -0.3 is 15.1 Å². The number of hydrogen-bond acceptors (Lipinski definition) is 5. The van der Waals surface area contributed by atoms with Gasteiger partial charge in [0.1, 0.15) is 23.6 Å². The molecule has 1 aromatic carbocycles. The summed E-state index contributed by atoms with van der Waals surface area (Å²) in [6, 6.07) is 13.1. The molecule has 116 valence electrons. The molecule has 0 aliphatic carbocycles. The van der Waals surface area contributed by atoms with Crippen LogP contribution >= 0.6 is 0 Å². The van der Waals surface area contributed by atoms with Crippen molar-refractivity contribution in [2.24, 2.45) is 0 Å². The molecule has 2 heterocycles. The van der Waals surface area contributed by atoms with Crippen LogP contribution in [0.2, 0.25) is 0 Å². The normalized spacial score (nSPS) is 10.3. The summed E-state index contributed by atoms with van der Waals surface area (Å²) >= 11 is 0. The zero-order chi connectivity index (χ0) is 16.1. The number of carbonyl (C=O) groups is 1. The number of aromatic nitrogens is 2. The van der Waals surface area contributed by atoms with E-state index in [9.17, 15) is 4.79 Å². The fraction of sp³-hybridized carbons (Fsp3) is 0.118. The third kappa shape index (κ3) is 3.94. The minimum absolute atomic E-state index is 0.281. The Morgan fingerprint density at radius 2 is 2.09 bits per heavy atom. The van der Waals surface area contributed by atoms with Crippen molar-refractivity contribution < 1.29 is 9.21 Å². The first-order valence-corrected chi connectivity index (χ1v) is 7.17. The van der Waals surface area contributed by atoms with E-state index >= 15 is 0 Å². The van der Waals surface area contributed by atoms with Crippen molar-refractivity contribution in [2.75, 3.05) is 5.32 Å². The highest BCUT2D eigenvalue weighted by molar-refractivity contribution is 5.92. The highest BCUT2D eigenvalue weighted by atomic mass is 16.3. The largest absolute Gasteiger partial charge is 0.467 e. The Bertz CT molecular complexity index is 800. The number of nitrogens with zero attached hydrogens (tertiary/aromatic N) is 2. The quantitative estimate of drug-likeness (QED) is 0.757. The van der Waals surface area contributed by atoms with Crippen LogP contribution in [0.3, 0.4) is 0 Å². The average molecular weight is 308 g/mol. The maximum Gasteiger partial charge on any atom is 0.270 e. The summed E-state index contributed by atoms with van der Waals surface area (Å²) in [4.78, 5) is 20.3. The summed E-state index contributed by atoms with van der Waals surface area (Å²) in [5.41, 5.74) is 2.34. The molecule has 0 spiro atoms. The molecule has 0 saturated heterocycles. The van der Waals surface area contributed by atoms with E-state index in [-0.39, 0.29) is 5.91 Å². The number of anilines is 2. The monoisotopic (exact) mass is 308 g/mol. The minimum Gasteiger partial charge on any atom is -0.467 e. The highest BCUT2D eigenvalue weighted by Gasteiger charge is 2.09. The number of amides is 1. The molecule has 23 heavy (non-hydrogen) atoms. The van der Waals surface area contributed by atoms with Crippen molar-refractivity contribution in [3.8, 4) is 0 Å². The van der Waals surface area contributed by atoms with Crippen LogP contribution in [0.25, 0.3) is 0 Å². The van der Waals surface area contributed by atoms with Gasteiger partial charge in [-0.25, -0.2) is 9.97 Å². The molecule has 0 unspecified atom stereocenters. The van der Waals surface area contributed by atoms with E-state index < -0.39 is 0 Å². The molecule has 0 aliphatic rings. The van der Waals surface area contributed by atoms with Crippen LogP contribution in [0.4, 0.5) is 11.5 Å². The van der Waals surface area contributed by atoms with Crippen LogP contribution in [-0.2, 0) is 6.54 Å². The standard InChI is InChI=1S/C17H16N4O2/c1-12-4-2-5-13(8-12)21-16-9-15(19-11-20-16)17(22)18-10-14-6-3-7-23-14/h2-9,11H,10H2,1H3,(H,18,22)(H,19,20,21). The molecule has 0 aliphatic heterocycles. The Hall–Kier alpha value is -3.15. The lowest BCUT2D eigenvalue weighted by Gasteiger charge is -2.07. The van der Waals surface area contributed by atoms with Crippen LogP contribution in [0, 0.1) is 6.92 Å². The van der Waals surface area contributed by atoms with Gasteiger partial charge in [0.25, 0.3) is 5.91 Å². The number of rotatable bonds is 5. The molecule has 2 aromatic heterocycles. The van der Waals surface area contributed by atoms with Gasteiger partial charge >= 0.3 is 0 Å². The Kier molecular flexibility index (Phi) is 4.33. The maximum absolute atomic E-state index is 12.1. The van der Waals surface area contributed by atoms with Crippen LogP contribution in [0.5, 0.6) is 0 Å². The smallest absolute Gasteiger partial charge is 0.270 e. The van der Waals surface area contributed by atoms with Crippen molar-refractivity contribution in [1.82, 2.24) is 15.3 Å². The minimum atomic E-state index is -0.281. The zero-order valence-corrected chi connectivity index (χ0v) is 12.6. The molecule has 3 aromatic rings. The lowest BCUT2D eigenvalue weighted by atomic mass is 10.2. The zero-order valence-electron chi connectivity index (χ0n) is 12.6. The third-order valence-corrected chi connectivity index (χ3v) is 3.19. The molecule has 0 fully saturated rings. The van der Waals surface area contributed by atoms with E-state index in [1.165, 1.54) is 6.33 Å². The first-order chi connectivity index (χ1) is 11.2. The van der Waals surface area contributed by atoms with E-state index in [2.05, 4.69) is 20.6 Å². The van der Waals surface area contributed by atoms with Gasteiger partial charge in [-0.05, 0) is 36.8 Å². The van der Waals surface area contributed by atoms with Gasteiger partial charge in [0.05, 0.1) is 12.8 Å². The number of furan rings is 1. The molecule has 0 atom stereocenters. The molecular weight excluding hydrogens is 292 g/mol. The van der Waals surface area contributed by atoms with Crippen molar-refractivity contribution in [3.05, 3.63) is 72.1 Å². The summed E-state index contributed by atoms with van der Waals surface area (Å²) < 4.78 is 5.17. The van der Waals surface area contributed by atoms with Gasteiger partial charge in [-0.1, -0.05) is 12.1 Å². The van der Waals surface area contributed by atoms with Crippen molar-refractivity contribution >= 4 is 17.4 Å². The highest BCUT2D eigenvalue weighted by Crippen LogP contribution is 2.15. The summed E-state index contributed by atoms with van der Waals surface area (Å²) in [5.74, 6) is 0.968.